The number of carbonyl (C=O) groups is 2. The Morgan fingerprint density at radius 1 is 0.857 bits per heavy atom. The average molecular weight is 469 g/mol. The number of rotatable bonds is 6. The van der Waals surface area contributed by atoms with Gasteiger partial charge in [0, 0.05) is 48.4 Å². The standard InChI is InChI=1S/C31H36N2O2/c1-2-14-32-15-16-33(20-32)19-24-6-5-9-25(24)23-11-10-21(17-23)22-12-13-28-29(18-22)31(35)27-8-4-3-7-26(27)30(28)34/h2-4,7-8,12-13,18,21,23-25H,1,5-6,9-11,14-17,19-20H2/t21-,23?,24+,25?/m0/s1. The van der Waals surface area contributed by atoms with E-state index in [0.29, 0.717) is 28.2 Å². The topological polar surface area (TPSA) is 40.6 Å². The Bertz CT molecular complexity index is 1150. The Labute approximate surface area is 209 Å². The molecule has 3 aliphatic carbocycles. The van der Waals surface area contributed by atoms with E-state index in [-0.39, 0.29) is 11.6 Å². The van der Waals surface area contributed by atoms with Crippen LogP contribution >= 0.6 is 0 Å². The second-order valence-electron chi connectivity index (χ2n) is 11.2. The first-order valence-corrected chi connectivity index (χ1v) is 13.5. The van der Waals surface area contributed by atoms with Crippen molar-refractivity contribution in [1.29, 1.82) is 0 Å². The molecule has 0 N–H and O–H groups in total. The van der Waals surface area contributed by atoms with Gasteiger partial charge >= 0.3 is 0 Å². The Balaban J connectivity index is 1.14. The van der Waals surface area contributed by atoms with Gasteiger partial charge in [-0.1, -0.05) is 48.9 Å². The van der Waals surface area contributed by atoms with E-state index in [4.69, 9.17) is 0 Å². The third-order valence-electron chi connectivity index (χ3n) is 9.23. The van der Waals surface area contributed by atoms with E-state index < -0.39 is 0 Å². The molecule has 4 heteroatoms. The van der Waals surface area contributed by atoms with Crippen molar-refractivity contribution >= 4 is 11.6 Å². The maximum Gasteiger partial charge on any atom is 0.194 e. The average Bonchev–Trinajstić information content (AvgIpc) is 3.64. The summed E-state index contributed by atoms with van der Waals surface area (Å²) in [7, 11) is 0. The van der Waals surface area contributed by atoms with Crippen LogP contribution < -0.4 is 0 Å². The monoisotopic (exact) mass is 468 g/mol. The summed E-state index contributed by atoms with van der Waals surface area (Å²) in [5, 5.41) is 0. The molecule has 2 unspecified atom stereocenters. The summed E-state index contributed by atoms with van der Waals surface area (Å²) in [6.07, 6.45) is 9.85. The molecule has 1 saturated heterocycles. The van der Waals surface area contributed by atoms with Crippen LogP contribution in [-0.4, -0.2) is 54.2 Å². The fraction of sp³-hybridized carbons (Fsp3) is 0.484. The summed E-state index contributed by atoms with van der Waals surface area (Å²) < 4.78 is 0. The molecule has 3 fully saturated rings. The highest BCUT2D eigenvalue weighted by molar-refractivity contribution is 6.28. The molecule has 35 heavy (non-hydrogen) atoms. The van der Waals surface area contributed by atoms with Gasteiger partial charge in [0.05, 0.1) is 6.67 Å². The summed E-state index contributed by atoms with van der Waals surface area (Å²) in [6, 6.07) is 13.3. The number of benzene rings is 2. The number of hydrogen-bond donors (Lipinski definition) is 0. The minimum Gasteiger partial charge on any atom is -0.289 e. The second kappa shape index (κ2) is 9.48. The van der Waals surface area contributed by atoms with Gasteiger partial charge < -0.3 is 0 Å². The van der Waals surface area contributed by atoms with E-state index in [2.05, 4.69) is 22.4 Å². The van der Waals surface area contributed by atoms with E-state index in [1.165, 1.54) is 63.7 Å². The molecule has 2 aromatic rings. The Morgan fingerprint density at radius 3 is 2.40 bits per heavy atom. The maximum atomic E-state index is 13.2. The fourth-order valence-corrected chi connectivity index (χ4v) is 7.51. The molecule has 182 valence electrons. The van der Waals surface area contributed by atoms with Crippen LogP contribution in [0.2, 0.25) is 0 Å². The third-order valence-corrected chi connectivity index (χ3v) is 9.23. The normalized spacial score (nSPS) is 28.9. The van der Waals surface area contributed by atoms with Gasteiger partial charge in [-0.25, -0.2) is 0 Å². The van der Waals surface area contributed by atoms with Crippen LogP contribution in [0.1, 0.15) is 81.8 Å². The van der Waals surface area contributed by atoms with Crippen LogP contribution in [0.3, 0.4) is 0 Å². The first-order chi connectivity index (χ1) is 17.1. The van der Waals surface area contributed by atoms with Gasteiger partial charge in [0.25, 0.3) is 0 Å². The largest absolute Gasteiger partial charge is 0.289 e. The van der Waals surface area contributed by atoms with Crippen molar-refractivity contribution in [2.45, 2.75) is 44.4 Å². The molecule has 2 aromatic carbocycles. The highest BCUT2D eigenvalue weighted by Gasteiger charge is 2.40. The molecule has 0 spiro atoms. The zero-order valence-corrected chi connectivity index (χ0v) is 20.6. The summed E-state index contributed by atoms with van der Waals surface area (Å²) in [5.74, 6) is 2.92. The first kappa shape index (κ1) is 22.9. The molecule has 0 radical (unpaired) electrons. The lowest BCUT2D eigenvalue weighted by molar-refractivity contribution is 0.0979. The zero-order chi connectivity index (χ0) is 23.9. The van der Waals surface area contributed by atoms with Crippen molar-refractivity contribution in [3.63, 3.8) is 0 Å². The van der Waals surface area contributed by atoms with Crippen molar-refractivity contribution in [1.82, 2.24) is 9.80 Å². The lowest BCUT2D eigenvalue weighted by Gasteiger charge is -2.29. The Hall–Kier alpha value is -2.56. The van der Waals surface area contributed by atoms with Gasteiger partial charge in [-0.3, -0.25) is 19.4 Å². The summed E-state index contributed by atoms with van der Waals surface area (Å²) in [6.45, 7) is 9.58. The number of carbonyl (C=O) groups excluding carboxylic acids is 2. The molecule has 1 heterocycles. The SMILES string of the molecule is C=CCN1CCN(C[C@H]2CCCC2C2CC[C@H](c3ccc4c(c3)C(=O)c3ccccc3C4=O)C2)C1. The van der Waals surface area contributed by atoms with Gasteiger partial charge in [-0.05, 0) is 67.4 Å². The van der Waals surface area contributed by atoms with Crippen LogP contribution in [0, 0.1) is 17.8 Å². The smallest absolute Gasteiger partial charge is 0.194 e. The zero-order valence-electron chi connectivity index (χ0n) is 20.6. The number of hydrogen-bond acceptors (Lipinski definition) is 4. The van der Waals surface area contributed by atoms with E-state index in [9.17, 15) is 9.59 Å². The molecule has 1 aliphatic heterocycles. The van der Waals surface area contributed by atoms with Gasteiger partial charge in [-0.15, -0.1) is 6.58 Å². The van der Waals surface area contributed by atoms with Crippen molar-refractivity contribution in [2.24, 2.45) is 17.8 Å². The minimum absolute atomic E-state index is 0.00133. The predicted molar refractivity (Wildman–Crippen MR) is 139 cm³/mol. The van der Waals surface area contributed by atoms with Crippen molar-refractivity contribution in [3.8, 4) is 0 Å². The van der Waals surface area contributed by atoms with E-state index in [1.54, 1.807) is 12.1 Å². The maximum absolute atomic E-state index is 13.2. The summed E-state index contributed by atoms with van der Waals surface area (Å²) >= 11 is 0. The number of ketones is 2. The molecule has 0 amide bonds. The van der Waals surface area contributed by atoms with Crippen LogP contribution in [0.15, 0.2) is 55.1 Å². The lowest BCUT2D eigenvalue weighted by Crippen LogP contribution is -2.33. The fourth-order valence-electron chi connectivity index (χ4n) is 7.51. The van der Waals surface area contributed by atoms with Crippen LogP contribution in [0.5, 0.6) is 0 Å². The predicted octanol–water partition coefficient (Wildman–Crippen LogP) is 5.52. The Morgan fingerprint density at radius 2 is 1.60 bits per heavy atom. The molecule has 4 atom stereocenters. The second-order valence-corrected chi connectivity index (χ2v) is 11.2. The van der Waals surface area contributed by atoms with Gasteiger partial charge in [0.15, 0.2) is 11.6 Å². The molecule has 0 aromatic heterocycles. The van der Waals surface area contributed by atoms with Crippen LogP contribution in [0.25, 0.3) is 0 Å². The van der Waals surface area contributed by atoms with Crippen LogP contribution in [-0.2, 0) is 0 Å². The van der Waals surface area contributed by atoms with Gasteiger partial charge in [0.1, 0.15) is 0 Å². The quantitative estimate of drug-likeness (QED) is 0.447. The molecule has 0 bridgehead atoms. The molecule has 6 rings (SSSR count). The third kappa shape index (κ3) is 4.21. The summed E-state index contributed by atoms with van der Waals surface area (Å²) in [5.41, 5.74) is 3.51. The number of fused-ring (bicyclic) bond motifs is 2. The van der Waals surface area contributed by atoms with Crippen molar-refractivity contribution in [2.75, 3.05) is 32.8 Å². The van der Waals surface area contributed by atoms with E-state index >= 15 is 0 Å². The van der Waals surface area contributed by atoms with Crippen molar-refractivity contribution < 1.29 is 9.59 Å². The highest BCUT2D eigenvalue weighted by Crippen LogP contribution is 2.49. The van der Waals surface area contributed by atoms with E-state index in [1.807, 2.05) is 30.3 Å². The highest BCUT2D eigenvalue weighted by atomic mass is 16.1. The van der Waals surface area contributed by atoms with E-state index in [0.717, 1.165) is 31.0 Å². The lowest BCUT2D eigenvalue weighted by atomic mass is 9.80. The molecule has 4 nitrogen and oxygen atoms in total. The first-order valence-electron chi connectivity index (χ1n) is 13.5. The molecular weight excluding hydrogens is 432 g/mol. The minimum atomic E-state index is -0.0200. The number of nitrogens with zero attached hydrogens (tertiary/aromatic N) is 2. The Kier molecular flexibility index (Phi) is 6.19. The molecular formula is C31H36N2O2. The van der Waals surface area contributed by atoms with Gasteiger partial charge in [-0.2, -0.15) is 0 Å². The van der Waals surface area contributed by atoms with Crippen LogP contribution in [0.4, 0.5) is 0 Å². The molecule has 4 aliphatic rings. The summed E-state index contributed by atoms with van der Waals surface area (Å²) in [4.78, 5) is 31.3. The van der Waals surface area contributed by atoms with Gasteiger partial charge in [0.2, 0.25) is 0 Å². The molecule has 2 saturated carbocycles. The van der Waals surface area contributed by atoms with Crippen molar-refractivity contribution in [3.05, 3.63) is 82.9 Å².